The molecule has 1 aliphatic heterocycles. The molecule has 0 spiro atoms. The van der Waals surface area contributed by atoms with Crippen molar-refractivity contribution in [1.82, 2.24) is 0 Å². The lowest BCUT2D eigenvalue weighted by Gasteiger charge is -2.63. The topological polar surface area (TPSA) is 72.8 Å². The van der Waals surface area contributed by atoms with Gasteiger partial charge in [-0.25, -0.2) is 13.2 Å². The molecule has 0 radical (unpaired) electrons. The van der Waals surface area contributed by atoms with Crippen LogP contribution in [-0.4, -0.2) is 51.7 Å². The maximum absolute atomic E-state index is 17.4. The normalized spacial score (nSPS) is 48.2. The van der Waals surface area contributed by atoms with Crippen molar-refractivity contribution in [2.75, 3.05) is 6.01 Å². The highest BCUT2D eigenvalue weighted by Gasteiger charge is 2.80. The quantitative estimate of drug-likeness (QED) is 0.545. The summed E-state index contributed by atoms with van der Waals surface area (Å²) in [5.41, 5.74) is -5.59. The number of thioether (sulfide) groups is 1. The van der Waals surface area contributed by atoms with Crippen LogP contribution in [0.25, 0.3) is 0 Å². The summed E-state index contributed by atoms with van der Waals surface area (Å²) in [6, 6.07) is 0.951. The molecule has 3 saturated carbocycles. The van der Waals surface area contributed by atoms with Crippen molar-refractivity contribution in [2.24, 2.45) is 22.7 Å². The molecule has 0 aromatic carbocycles. The first-order chi connectivity index (χ1) is 17.4. The number of alkyl halides is 3. The van der Waals surface area contributed by atoms with Crippen LogP contribution in [-0.2, 0) is 19.1 Å². The number of thiophene rings is 1. The second-order valence-electron chi connectivity index (χ2n) is 11.4. The lowest BCUT2D eigenvalue weighted by Crippen LogP contribution is -2.70. The maximum atomic E-state index is 17.4. The fourth-order valence-corrected chi connectivity index (χ4v) is 9.81. The number of ether oxygens (including phenoxy) is 2. The summed E-state index contributed by atoms with van der Waals surface area (Å²) in [7, 11) is 0. The van der Waals surface area contributed by atoms with Gasteiger partial charge >= 0.3 is 0 Å². The highest BCUT2D eigenvalue weighted by Crippen LogP contribution is 2.73. The monoisotopic (exact) mass is 554 g/mol. The van der Waals surface area contributed by atoms with Crippen LogP contribution in [0.4, 0.5) is 13.2 Å². The van der Waals surface area contributed by atoms with Gasteiger partial charge in [-0.1, -0.05) is 24.8 Å². The number of hydrogen-bond donors (Lipinski definition) is 1. The Balaban J connectivity index is 1.46. The predicted octanol–water partition coefficient (Wildman–Crippen LogP) is 5.32. The summed E-state index contributed by atoms with van der Waals surface area (Å²) in [4.78, 5) is 26.5. The first kappa shape index (κ1) is 25.8. The van der Waals surface area contributed by atoms with Crippen LogP contribution >= 0.6 is 23.1 Å². The number of aliphatic hydroxyl groups is 1. The number of allylic oxidation sites excluding steroid dienone is 4. The molecule has 1 aromatic heterocycles. The predicted molar refractivity (Wildman–Crippen MR) is 133 cm³/mol. The van der Waals surface area contributed by atoms with Crippen molar-refractivity contribution >= 4 is 34.0 Å². The van der Waals surface area contributed by atoms with Crippen LogP contribution < -0.4 is 0 Å². The summed E-state index contributed by atoms with van der Waals surface area (Å²) >= 11 is 1.91. The standard InChI is InChI=1S/C27H29F3O5S2/c1-13-5-7-36-21(13)22-34-20-10-15-16-9-18(29)17-8-14(31)4-6-24(17,2)26(16,30)19(32)11-25(15,3)27(20,35-22)23(33)37-12-28/h4-8,15-16,18-20,22,32H,9-12H2,1-3H3/t15?,16-,18-,19-,20+,22?,24-,25-,26-,27-/m0/s1. The first-order valence-corrected chi connectivity index (χ1v) is 14.4. The number of aliphatic hydroxyl groups excluding tert-OH is 1. The van der Waals surface area contributed by atoms with Gasteiger partial charge in [-0.2, -0.15) is 0 Å². The highest BCUT2D eigenvalue weighted by molar-refractivity contribution is 8.13. The van der Waals surface area contributed by atoms with E-state index in [2.05, 4.69) is 0 Å². The lowest BCUT2D eigenvalue weighted by atomic mass is 9.44. The van der Waals surface area contributed by atoms with Gasteiger partial charge in [-0.15, -0.1) is 11.3 Å². The van der Waals surface area contributed by atoms with Gasteiger partial charge in [0.2, 0.25) is 5.12 Å². The van der Waals surface area contributed by atoms with Crippen molar-refractivity contribution in [1.29, 1.82) is 0 Å². The molecular formula is C27H29F3O5S2. The van der Waals surface area contributed by atoms with Crippen molar-refractivity contribution in [3.63, 3.8) is 0 Å². The Kier molecular flexibility index (Phi) is 5.77. The van der Waals surface area contributed by atoms with Gasteiger partial charge in [0.05, 0.1) is 17.1 Å². The fraction of sp³-hybridized carbons (Fsp3) is 0.630. The molecule has 2 heterocycles. The van der Waals surface area contributed by atoms with Gasteiger partial charge in [0, 0.05) is 16.7 Å². The first-order valence-electron chi connectivity index (χ1n) is 12.5. The summed E-state index contributed by atoms with van der Waals surface area (Å²) in [6.07, 6.45) is -1.24. The van der Waals surface area contributed by atoms with E-state index >= 15 is 8.78 Å². The number of rotatable bonds is 3. The van der Waals surface area contributed by atoms with E-state index in [-0.39, 0.29) is 24.8 Å². The molecule has 5 nitrogen and oxygen atoms in total. The number of ketones is 1. The second kappa shape index (κ2) is 8.27. The minimum atomic E-state index is -2.28. The van der Waals surface area contributed by atoms with Gasteiger partial charge < -0.3 is 14.6 Å². The number of halogens is 3. The van der Waals surface area contributed by atoms with Gasteiger partial charge in [-0.3, -0.25) is 9.59 Å². The minimum Gasteiger partial charge on any atom is -0.390 e. The summed E-state index contributed by atoms with van der Waals surface area (Å²) < 4.78 is 59.4. The molecule has 200 valence electrons. The van der Waals surface area contributed by atoms with Crippen LogP contribution in [0.15, 0.2) is 35.2 Å². The number of carbonyl (C=O) groups is 2. The van der Waals surface area contributed by atoms with E-state index in [4.69, 9.17) is 9.47 Å². The van der Waals surface area contributed by atoms with E-state index in [1.165, 1.54) is 30.4 Å². The van der Waals surface area contributed by atoms with Crippen LogP contribution in [0.3, 0.4) is 0 Å². The van der Waals surface area contributed by atoms with E-state index < -0.39 is 75.5 Å². The zero-order chi connectivity index (χ0) is 26.5. The Hall–Kier alpha value is -1.46. The summed E-state index contributed by atoms with van der Waals surface area (Å²) in [5, 5.41) is 12.9. The number of carbonyl (C=O) groups excluding carboxylic acids is 2. The van der Waals surface area contributed by atoms with Crippen molar-refractivity contribution in [3.05, 3.63) is 45.7 Å². The van der Waals surface area contributed by atoms with E-state index in [0.29, 0.717) is 11.8 Å². The molecule has 4 aliphatic carbocycles. The molecule has 1 saturated heterocycles. The molecule has 4 fully saturated rings. The number of fused-ring (bicyclic) bond motifs is 7. The molecule has 6 rings (SSSR count). The molecule has 1 N–H and O–H groups in total. The smallest absolute Gasteiger partial charge is 0.226 e. The molecule has 0 bridgehead atoms. The fourth-order valence-electron chi connectivity index (χ4n) is 8.20. The van der Waals surface area contributed by atoms with Gasteiger partial charge in [0.25, 0.3) is 0 Å². The summed E-state index contributed by atoms with van der Waals surface area (Å²) in [5.74, 6) is -1.97. The van der Waals surface area contributed by atoms with Crippen molar-refractivity contribution in [3.8, 4) is 0 Å². The number of hydrogen-bond acceptors (Lipinski definition) is 7. The average Bonchev–Trinajstić information content (AvgIpc) is 3.50. The Morgan fingerprint density at radius 1 is 1.30 bits per heavy atom. The van der Waals surface area contributed by atoms with E-state index in [9.17, 15) is 19.1 Å². The van der Waals surface area contributed by atoms with Gasteiger partial charge in [0.1, 0.15) is 12.2 Å². The third kappa shape index (κ3) is 3.05. The zero-order valence-corrected chi connectivity index (χ0v) is 22.3. The molecule has 1 aromatic rings. The third-order valence-corrected chi connectivity index (χ3v) is 11.7. The molecule has 0 amide bonds. The van der Waals surface area contributed by atoms with E-state index in [0.717, 1.165) is 16.5 Å². The second-order valence-corrected chi connectivity index (χ2v) is 13.2. The highest BCUT2D eigenvalue weighted by atomic mass is 32.2. The maximum Gasteiger partial charge on any atom is 0.226 e. The third-order valence-electron chi connectivity index (χ3n) is 9.97. The van der Waals surface area contributed by atoms with Crippen LogP contribution in [0, 0.1) is 29.6 Å². The Morgan fingerprint density at radius 2 is 2.05 bits per heavy atom. The number of aryl methyl sites for hydroxylation is 1. The SMILES string of the molecule is Cc1ccsc1C1O[C@@H]2CC3[C@@H]4C[C@H](F)C5=CC(=O)C=C[C@]5(C)[C@@]4(F)[C@@H](O)C[C@]3(C)[C@]2(C(=O)SCF)O1. The minimum absolute atomic E-state index is 0.0408. The molecular weight excluding hydrogens is 525 g/mol. The zero-order valence-electron chi connectivity index (χ0n) is 20.7. The van der Waals surface area contributed by atoms with Crippen molar-refractivity contribution < 1.29 is 37.3 Å². The molecule has 10 atom stereocenters. The van der Waals surface area contributed by atoms with Gasteiger partial charge in [0.15, 0.2) is 23.3 Å². The van der Waals surface area contributed by atoms with E-state index in [1.54, 1.807) is 6.92 Å². The Bertz CT molecular complexity index is 1230. The van der Waals surface area contributed by atoms with Crippen LogP contribution in [0.5, 0.6) is 0 Å². The lowest BCUT2D eigenvalue weighted by molar-refractivity contribution is -0.232. The molecule has 37 heavy (non-hydrogen) atoms. The largest absolute Gasteiger partial charge is 0.390 e. The van der Waals surface area contributed by atoms with E-state index in [1.807, 2.05) is 18.4 Å². The summed E-state index contributed by atoms with van der Waals surface area (Å²) in [6.45, 7) is 5.21. The molecule has 5 aliphatic rings. The molecule has 10 heteroatoms. The Morgan fingerprint density at radius 3 is 2.73 bits per heavy atom. The average molecular weight is 555 g/mol. The van der Waals surface area contributed by atoms with Crippen LogP contribution in [0.2, 0.25) is 0 Å². The molecule has 2 unspecified atom stereocenters. The van der Waals surface area contributed by atoms with Gasteiger partial charge in [-0.05, 0) is 73.8 Å². The van der Waals surface area contributed by atoms with Crippen molar-refractivity contribution in [2.45, 2.75) is 76.0 Å². The Labute approximate surface area is 221 Å². The van der Waals surface area contributed by atoms with Crippen LogP contribution in [0.1, 0.15) is 49.8 Å².